The topological polar surface area (TPSA) is 32.3 Å². The minimum atomic E-state index is 0.115. The highest BCUT2D eigenvalue weighted by molar-refractivity contribution is 9.10. The number of phenols is 1. The van der Waals surface area contributed by atoms with Crippen molar-refractivity contribution in [2.24, 2.45) is 0 Å². The van der Waals surface area contributed by atoms with Crippen LogP contribution in [0.4, 0.5) is 5.69 Å². The fraction of sp³-hybridized carbons (Fsp3) is 0.143. The summed E-state index contributed by atoms with van der Waals surface area (Å²) in [4.78, 5) is 0. The molecule has 0 aliphatic heterocycles. The third-order valence-electron chi connectivity index (χ3n) is 2.70. The molecule has 2 aromatic carbocycles. The Morgan fingerprint density at radius 1 is 1.17 bits per heavy atom. The zero-order chi connectivity index (χ0) is 13.1. The lowest BCUT2D eigenvalue weighted by Crippen LogP contribution is -2.06. The molecule has 0 saturated carbocycles. The number of hydrogen-bond donors (Lipinski definition) is 2. The third-order valence-corrected chi connectivity index (χ3v) is 3.50. The van der Waals surface area contributed by atoms with Crippen LogP contribution in [0.25, 0.3) is 0 Å². The number of phenolic OH excluding ortho intramolecular Hbond substituents is 1. The minimum Gasteiger partial charge on any atom is -0.508 e. The average Bonchev–Trinajstić information content (AvgIpc) is 2.33. The summed E-state index contributed by atoms with van der Waals surface area (Å²) >= 11 is 9.53. The summed E-state index contributed by atoms with van der Waals surface area (Å²) in [7, 11) is 0. The summed E-state index contributed by atoms with van der Waals surface area (Å²) in [5.74, 6) is 0.271. The van der Waals surface area contributed by atoms with Crippen molar-refractivity contribution >= 4 is 33.2 Å². The van der Waals surface area contributed by atoms with Gasteiger partial charge in [0.2, 0.25) is 0 Å². The summed E-state index contributed by atoms with van der Waals surface area (Å²) in [5, 5.41) is 13.3. The van der Waals surface area contributed by atoms with Crippen LogP contribution in [0.3, 0.4) is 0 Å². The van der Waals surface area contributed by atoms with E-state index < -0.39 is 0 Å². The Bertz CT molecular complexity index is 542. The maximum Gasteiger partial charge on any atom is 0.115 e. The van der Waals surface area contributed by atoms with E-state index in [1.54, 1.807) is 12.1 Å². The first-order valence-electron chi connectivity index (χ1n) is 5.57. The zero-order valence-electron chi connectivity index (χ0n) is 9.82. The summed E-state index contributed by atoms with van der Waals surface area (Å²) in [6, 6.07) is 13.0. The molecule has 0 heterocycles. The highest BCUT2D eigenvalue weighted by Crippen LogP contribution is 2.29. The molecule has 1 unspecified atom stereocenters. The summed E-state index contributed by atoms with van der Waals surface area (Å²) in [5.41, 5.74) is 1.98. The molecule has 0 aliphatic carbocycles. The molecular formula is C14H13BrClNO. The molecule has 18 heavy (non-hydrogen) atoms. The van der Waals surface area contributed by atoms with Gasteiger partial charge in [-0.3, -0.25) is 0 Å². The molecule has 0 saturated heterocycles. The maximum atomic E-state index is 9.26. The van der Waals surface area contributed by atoms with Gasteiger partial charge in [-0.2, -0.15) is 0 Å². The summed E-state index contributed by atoms with van der Waals surface area (Å²) in [6.07, 6.45) is 0. The molecule has 2 nitrogen and oxygen atoms in total. The van der Waals surface area contributed by atoms with E-state index in [-0.39, 0.29) is 11.8 Å². The van der Waals surface area contributed by atoms with Crippen LogP contribution < -0.4 is 5.32 Å². The van der Waals surface area contributed by atoms with Crippen LogP contribution in [0, 0.1) is 0 Å². The van der Waals surface area contributed by atoms with Gasteiger partial charge in [0.05, 0.1) is 10.7 Å². The van der Waals surface area contributed by atoms with Crippen molar-refractivity contribution in [2.45, 2.75) is 13.0 Å². The van der Waals surface area contributed by atoms with Crippen LogP contribution in [-0.2, 0) is 0 Å². The summed E-state index contributed by atoms with van der Waals surface area (Å²) in [6.45, 7) is 2.05. The third kappa shape index (κ3) is 3.18. The molecule has 0 bridgehead atoms. The van der Waals surface area contributed by atoms with Crippen molar-refractivity contribution in [2.75, 3.05) is 5.32 Å². The van der Waals surface area contributed by atoms with Crippen LogP contribution in [0.15, 0.2) is 46.9 Å². The van der Waals surface area contributed by atoms with Gasteiger partial charge < -0.3 is 10.4 Å². The maximum absolute atomic E-state index is 9.26. The second kappa shape index (κ2) is 5.63. The lowest BCUT2D eigenvalue weighted by atomic mass is 10.1. The predicted octanol–water partition coefficient (Wildman–Crippen LogP) is 4.98. The van der Waals surface area contributed by atoms with E-state index >= 15 is 0 Å². The molecule has 0 amide bonds. The Labute approximate surface area is 120 Å². The molecular weight excluding hydrogens is 314 g/mol. The second-order valence-corrected chi connectivity index (χ2v) is 5.40. The van der Waals surface area contributed by atoms with Crippen molar-refractivity contribution in [3.63, 3.8) is 0 Å². The molecule has 4 heteroatoms. The smallest absolute Gasteiger partial charge is 0.115 e. The second-order valence-electron chi connectivity index (χ2n) is 4.08. The molecule has 0 aromatic heterocycles. The molecule has 94 valence electrons. The lowest BCUT2D eigenvalue weighted by molar-refractivity contribution is 0.475. The number of benzene rings is 2. The van der Waals surface area contributed by atoms with Crippen molar-refractivity contribution in [1.82, 2.24) is 0 Å². The first-order chi connectivity index (χ1) is 8.56. The van der Waals surface area contributed by atoms with E-state index in [9.17, 15) is 5.11 Å². The van der Waals surface area contributed by atoms with Crippen molar-refractivity contribution in [3.05, 3.63) is 57.5 Å². The lowest BCUT2D eigenvalue weighted by Gasteiger charge is -2.17. The standard InChI is InChI=1S/C14H13BrClNO/c1-9(10-2-5-12(18)6-3-10)17-14-7-4-11(15)8-13(14)16/h2-9,17-18H,1H3. The number of anilines is 1. The first-order valence-corrected chi connectivity index (χ1v) is 6.74. The Morgan fingerprint density at radius 2 is 1.83 bits per heavy atom. The van der Waals surface area contributed by atoms with E-state index in [2.05, 4.69) is 21.2 Å². The molecule has 1 atom stereocenters. The quantitative estimate of drug-likeness (QED) is 0.833. The normalized spacial score (nSPS) is 12.2. The van der Waals surface area contributed by atoms with Gasteiger partial charge in [0.15, 0.2) is 0 Å². The molecule has 2 rings (SSSR count). The van der Waals surface area contributed by atoms with E-state index in [1.165, 1.54) is 0 Å². The molecule has 2 N–H and O–H groups in total. The highest BCUT2D eigenvalue weighted by Gasteiger charge is 2.07. The fourth-order valence-corrected chi connectivity index (χ4v) is 2.41. The van der Waals surface area contributed by atoms with E-state index in [0.29, 0.717) is 5.02 Å². The molecule has 0 spiro atoms. The number of nitrogens with one attached hydrogen (secondary N) is 1. The van der Waals surface area contributed by atoms with Crippen molar-refractivity contribution < 1.29 is 5.11 Å². The Morgan fingerprint density at radius 3 is 2.44 bits per heavy atom. The number of aromatic hydroxyl groups is 1. The molecule has 0 radical (unpaired) electrons. The van der Waals surface area contributed by atoms with E-state index in [0.717, 1.165) is 15.7 Å². The summed E-state index contributed by atoms with van der Waals surface area (Å²) < 4.78 is 0.954. The van der Waals surface area contributed by atoms with E-state index in [1.807, 2.05) is 37.3 Å². The number of halogens is 2. The van der Waals surface area contributed by atoms with Gasteiger partial charge in [-0.15, -0.1) is 0 Å². The van der Waals surface area contributed by atoms with Gasteiger partial charge >= 0.3 is 0 Å². The Hall–Kier alpha value is -1.19. The van der Waals surface area contributed by atoms with E-state index in [4.69, 9.17) is 11.6 Å². The predicted molar refractivity (Wildman–Crippen MR) is 79.3 cm³/mol. The SMILES string of the molecule is CC(Nc1ccc(Br)cc1Cl)c1ccc(O)cc1. The van der Waals surface area contributed by atoms with Crippen molar-refractivity contribution in [1.29, 1.82) is 0 Å². The van der Waals surface area contributed by atoms with Crippen LogP contribution in [0.1, 0.15) is 18.5 Å². The average molecular weight is 327 g/mol. The zero-order valence-corrected chi connectivity index (χ0v) is 12.2. The van der Waals surface area contributed by atoms with Gasteiger partial charge in [-0.1, -0.05) is 39.7 Å². The molecule has 0 fully saturated rings. The number of hydrogen-bond acceptors (Lipinski definition) is 2. The van der Waals surface area contributed by atoms with Gasteiger partial charge in [0.25, 0.3) is 0 Å². The molecule has 2 aromatic rings. The van der Waals surface area contributed by atoms with Crippen molar-refractivity contribution in [3.8, 4) is 5.75 Å². The highest BCUT2D eigenvalue weighted by atomic mass is 79.9. The van der Waals surface area contributed by atoms with Crippen LogP contribution in [-0.4, -0.2) is 5.11 Å². The Kier molecular flexibility index (Phi) is 4.15. The largest absolute Gasteiger partial charge is 0.508 e. The van der Waals surface area contributed by atoms with Gasteiger partial charge in [-0.25, -0.2) is 0 Å². The number of rotatable bonds is 3. The minimum absolute atomic E-state index is 0.115. The van der Waals surface area contributed by atoms with Gasteiger partial charge in [-0.05, 0) is 42.8 Å². The molecule has 0 aliphatic rings. The van der Waals surface area contributed by atoms with Crippen LogP contribution >= 0.6 is 27.5 Å². The Balaban J connectivity index is 2.15. The van der Waals surface area contributed by atoms with Gasteiger partial charge in [0, 0.05) is 10.5 Å². The van der Waals surface area contributed by atoms with Crippen LogP contribution in [0.5, 0.6) is 5.75 Å². The van der Waals surface area contributed by atoms with Crippen LogP contribution in [0.2, 0.25) is 5.02 Å². The van der Waals surface area contributed by atoms with Gasteiger partial charge in [0.1, 0.15) is 5.75 Å². The first kappa shape index (κ1) is 13.2. The monoisotopic (exact) mass is 325 g/mol. The fourth-order valence-electron chi connectivity index (χ4n) is 1.69.